The van der Waals surface area contributed by atoms with Crippen LogP contribution in [-0.2, 0) is 12.7 Å². The van der Waals surface area contributed by atoms with Gasteiger partial charge in [0.2, 0.25) is 0 Å². The molecule has 0 aliphatic heterocycles. The molecule has 0 atom stereocenters. The summed E-state index contributed by atoms with van der Waals surface area (Å²) < 4.78 is 44.2. The van der Waals surface area contributed by atoms with Crippen LogP contribution >= 0.6 is 0 Å². The molecule has 1 aliphatic rings. The number of rotatable bonds is 7. The van der Waals surface area contributed by atoms with Gasteiger partial charge in [0.1, 0.15) is 0 Å². The second kappa shape index (κ2) is 9.20. The summed E-state index contributed by atoms with van der Waals surface area (Å²) in [6.07, 6.45) is -0.351. The Morgan fingerprint density at radius 1 is 1.23 bits per heavy atom. The Bertz CT molecular complexity index is 854. The highest BCUT2D eigenvalue weighted by molar-refractivity contribution is 5.95. The number of alkyl halides is 3. The molecule has 0 radical (unpaired) electrons. The number of carbonyl (C=O) groups excluding carboxylic acids is 1. The van der Waals surface area contributed by atoms with Crippen molar-refractivity contribution >= 4 is 5.91 Å². The van der Waals surface area contributed by atoms with Gasteiger partial charge in [0.05, 0.1) is 5.56 Å². The normalized spacial score (nSPS) is 15.3. The number of hydrogen-bond donors (Lipinski definition) is 1. The van der Waals surface area contributed by atoms with Crippen LogP contribution in [0.3, 0.4) is 0 Å². The molecular formula is C22H28F3N3O2. The van der Waals surface area contributed by atoms with Gasteiger partial charge in [-0.25, -0.2) is 0 Å². The average molecular weight is 423 g/mol. The number of nitrogens with zero attached hydrogens (tertiary/aromatic N) is 2. The van der Waals surface area contributed by atoms with Crippen molar-refractivity contribution < 1.29 is 22.5 Å². The van der Waals surface area contributed by atoms with E-state index in [9.17, 15) is 18.0 Å². The Balaban J connectivity index is 1.95. The molecule has 164 valence electrons. The van der Waals surface area contributed by atoms with Crippen LogP contribution in [0.15, 0.2) is 28.8 Å². The van der Waals surface area contributed by atoms with Crippen LogP contribution in [-0.4, -0.2) is 34.6 Å². The minimum Gasteiger partial charge on any atom is -0.355 e. The van der Waals surface area contributed by atoms with E-state index in [0.717, 1.165) is 44.4 Å². The van der Waals surface area contributed by atoms with Crippen molar-refractivity contribution in [1.29, 1.82) is 0 Å². The molecule has 1 saturated carbocycles. The summed E-state index contributed by atoms with van der Waals surface area (Å²) in [6, 6.07) is 5.09. The van der Waals surface area contributed by atoms with Gasteiger partial charge in [0, 0.05) is 29.8 Å². The van der Waals surface area contributed by atoms with Crippen LogP contribution in [0.5, 0.6) is 0 Å². The Hall–Kier alpha value is -2.35. The number of nitrogens with one attached hydrogen (secondary N) is 1. The second-order valence-corrected chi connectivity index (χ2v) is 8.03. The van der Waals surface area contributed by atoms with Gasteiger partial charge in [-0.15, -0.1) is 0 Å². The molecule has 1 aromatic heterocycles. The van der Waals surface area contributed by atoms with Crippen molar-refractivity contribution in [1.82, 2.24) is 15.4 Å². The minimum absolute atomic E-state index is 0.129. The zero-order valence-electron chi connectivity index (χ0n) is 17.6. The first-order valence-corrected chi connectivity index (χ1v) is 10.4. The summed E-state index contributed by atoms with van der Waals surface area (Å²) in [4.78, 5) is 15.0. The molecule has 0 saturated heterocycles. The van der Waals surface area contributed by atoms with E-state index in [1.165, 1.54) is 12.1 Å². The third kappa shape index (κ3) is 5.03. The summed E-state index contributed by atoms with van der Waals surface area (Å²) in [5.41, 5.74) is 0.533. The summed E-state index contributed by atoms with van der Waals surface area (Å²) >= 11 is 0. The first-order valence-electron chi connectivity index (χ1n) is 10.4. The lowest BCUT2D eigenvalue weighted by Crippen LogP contribution is -2.35. The van der Waals surface area contributed by atoms with Gasteiger partial charge in [-0.3, -0.25) is 9.69 Å². The summed E-state index contributed by atoms with van der Waals surface area (Å²) in [5, 5.41) is 7.04. The maximum Gasteiger partial charge on any atom is 0.416 e. The molecule has 1 fully saturated rings. The number of aromatic nitrogens is 1. The molecule has 1 N–H and O–H groups in total. The van der Waals surface area contributed by atoms with Crippen molar-refractivity contribution in [3.05, 3.63) is 41.1 Å². The molecule has 3 rings (SSSR count). The van der Waals surface area contributed by atoms with E-state index in [-0.39, 0.29) is 23.7 Å². The number of amides is 1. The van der Waals surface area contributed by atoms with Gasteiger partial charge in [-0.05, 0) is 45.4 Å². The number of hydrogen-bond acceptors (Lipinski definition) is 4. The fourth-order valence-corrected chi connectivity index (χ4v) is 3.86. The lowest BCUT2D eigenvalue weighted by molar-refractivity contribution is -0.137. The molecule has 0 spiro atoms. The summed E-state index contributed by atoms with van der Waals surface area (Å²) in [5.74, 6) is 0.0398. The molecule has 2 aromatic rings. The van der Waals surface area contributed by atoms with E-state index in [0.29, 0.717) is 23.4 Å². The summed E-state index contributed by atoms with van der Waals surface area (Å²) in [6.45, 7) is 7.28. The van der Waals surface area contributed by atoms with Gasteiger partial charge >= 0.3 is 6.18 Å². The maximum absolute atomic E-state index is 12.9. The fraction of sp³-hybridized carbons (Fsp3) is 0.545. The first kappa shape index (κ1) is 22.3. The Morgan fingerprint density at radius 2 is 1.87 bits per heavy atom. The van der Waals surface area contributed by atoms with Crippen molar-refractivity contribution in [2.45, 2.75) is 71.3 Å². The molecular weight excluding hydrogens is 395 g/mol. The van der Waals surface area contributed by atoms with Gasteiger partial charge in [-0.1, -0.05) is 37.1 Å². The third-order valence-electron chi connectivity index (χ3n) is 5.67. The Morgan fingerprint density at radius 3 is 2.40 bits per heavy atom. The molecule has 1 amide bonds. The quantitative estimate of drug-likeness (QED) is 0.660. The molecule has 5 nitrogen and oxygen atoms in total. The van der Waals surface area contributed by atoms with Crippen LogP contribution < -0.4 is 5.32 Å². The lowest BCUT2D eigenvalue weighted by Gasteiger charge is -2.24. The van der Waals surface area contributed by atoms with E-state index < -0.39 is 11.7 Å². The number of benzene rings is 1. The van der Waals surface area contributed by atoms with Crippen molar-refractivity contribution in [2.75, 3.05) is 6.54 Å². The zero-order valence-corrected chi connectivity index (χ0v) is 17.6. The van der Waals surface area contributed by atoms with Crippen molar-refractivity contribution in [2.24, 2.45) is 0 Å². The first-order chi connectivity index (χ1) is 14.2. The van der Waals surface area contributed by atoms with Crippen LogP contribution in [0.1, 0.15) is 68.1 Å². The minimum atomic E-state index is -4.41. The molecule has 1 aliphatic carbocycles. The predicted molar refractivity (Wildman–Crippen MR) is 108 cm³/mol. The van der Waals surface area contributed by atoms with E-state index >= 15 is 0 Å². The molecule has 0 unspecified atom stereocenters. The topological polar surface area (TPSA) is 58.4 Å². The second-order valence-electron chi connectivity index (χ2n) is 8.03. The standard InChI is InChI=1S/C22H28F3N3O2/c1-4-28(14(2)3)13-18-19(21(29)26-17-7-5-6-8-17)27-30-20(18)15-9-11-16(12-10-15)22(23,24)25/h9-12,14,17H,4-8,13H2,1-3H3,(H,26,29). The highest BCUT2D eigenvalue weighted by atomic mass is 19.4. The van der Waals surface area contributed by atoms with E-state index in [1.807, 2.05) is 20.8 Å². The monoisotopic (exact) mass is 423 g/mol. The number of halogens is 3. The summed E-state index contributed by atoms with van der Waals surface area (Å²) in [7, 11) is 0. The predicted octanol–water partition coefficient (Wildman–Crippen LogP) is 5.26. The van der Waals surface area contributed by atoms with Crippen molar-refractivity contribution in [3.8, 4) is 11.3 Å². The Labute approximate surface area is 174 Å². The molecule has 8 heteroatoms. The largest absolute Gasteiger partial charge is 0.416 e. The van der Waals surface area contributed by atoms with Crippen LogP contribution in [0, 0.1) is 0 Å². The molecule has 0 bridgehead atoms. The fourth-order valence-electron chi connectivity index (χ4n) is 3.86. The van der Waals surface area contributed by atoms with E-state index in [4.69, 9.17) is 4.52 Å². The van der Waals surface area contributed by atoms with Gasteiger partial charge in [0.15, 0.2) is 11.5 Å². The van der Waals surface area contributed by atoms with Crippen LogP contribution in [0.25, 0.3) is 11.3 Å². The zero-order chi connectivity index (χ0) is 21.9. The average Bonchev–Trinajstić information content (AvgIpc) is 3.34. The SMILES string of the molecule is CCN(Cc1c(C(=O)NC2CCCC2)noc1-c1ccc(C(F)(F)F)cc1)C(C)C. The highest BCUT2D eigenvalue weighted by Crippen LogP contribution is 2.33. The lowest BCUT2D eigenvalue weighted by atomic mass is 10.0. The number of carbonyl (C=O) groups is 1. The van der Waals surface area contributed by atoms with Gasteiger partial charge in [0.25, 0.3) is 5.91 Å². The van der Waals surface area contributed by atoms with Crippen LogP contribution in [0.4, 0.5) is 13.2 Å². The molecule has 30 heavy (non-hydrogen) atoms. The molecule has 1 heterocycles. The van der Waals surface area contributed by atoms with E-state index in [1.54, 1.807) is 0 Å². The maximum atomic E-state index is 12.9. The van der Waals surface area contributed by atoms with Crippen molar-refractivity contribution in [3.63, 3.8) is 0 Å². The Kier molecular flexibility index (Phi) is 6.85. The van der Waals surface area contributed by atoms with Crippen LogP contribution in [0.2, 0.25) is 0 Å². The van der Waals surface area contributed by atoms with Gasteiger partial charge < -0.3 is 9.84 Å². The highest BCUT2D eigenvalue weighted by Gasteiger charge is 2.31. The molecule has 1 aromatic carbocycles. The van der Waals surface area contributed by atoms with Gasteiger partial charge in [-0.2, -0.15) is 13.2 Å². The smallest absolute Gasteiger partial charge is 0.355 e. The third-order valence-corrected chi connectivity index (χ3v) is 5.67. The van der Waals surface area contributed by atoms with E-state index in [2.05, 4.69) is 15.4 Å².